The largest absolute Gasteiger partial charge is 0.508 e. The number of hydrogen-bond acceptors (Lipinski definition) is 4. The third kappa shape index (κ3) is 3.36. The van der Waals surface area contributed by atoms with E-state index in [-0.39, 0.29) is 17.2 Å². The van der Waals surface area contributed by atoms with Crippen LogP contribution < -0.4 is 15.5 Å². The molecule has 0 unspecified atom stereocenters. The number of anilines is 4. The van der Waals surface area contributed by atoms with Crippen LogP contribution in [0.25, 0.3) is 0 Å². The number of phenols is 1. The van der Waals surface area contributed by atoms with Crippen LogP contribution in [0.4, 0.5) is 27.5 Å². The second-order valence-corrected chi connectivity index (χ2v) is 7.51. The zero-order chi connectivity index (χ0) is 19.7. The van der Waals surface area contributed by atoms with E-state index in [1.807, 2.05) is 12.1 Å². The van der Waals surface area contributed by atoms with Gasteiger partial charge in [0.15, 0.2) is 0 Å². The highest BCUT2D eigenvalue weighted by Gasteiger charge is 2.36. The maximum absolute atomic E-state index is 12.5. The Labute approximate surface area is 163 Å². The molecule has 3 N–H and O–H groups in total. The molecule has 0 bridgehead atoms. The number of rotatable bonds is 3. The van der Waals surface area contributed by atoms with Gasteiger partial charge in [0.1, 0.15) is 5.75 Å². The fourth-order valence-electron chi connectivity index (χ4n) is 3.61. The lowest BCUT2D eigenvalue weighted by atomic mass is 9.87. The minimum Gasteiger partial charge on any atom is -0.508 e. The first kappa shape index (κ1) is 17.9. The molecule has 1 aliphatic heterocycles. The Morgan fingerprint density at radius 1 is 1.04 bits per heavy atom. The van der Waals surface area contributed by atoms with E-state index in [9.17, 15) is 9.90 Å². The topological polar surface area (TPSA) is 77.5 Å². The Morgan fingerprint density at radius 2 is 1.79 bits per heavy atom. The minimum absolute atomic E-state index is 0.00539. The number of fused-ring (bicyclic) bond motifs is 1. The van der Waals surface area contributed by atoms with Crippen LogP contribution in [0.1, 0.15) is 19.4 Å². The molecule has 2 aromatic carbocycles. The van der Waals surface area contributed by atoms with Crippen molar-refractivity contribution in [1.29, 1.82) is 0 Å². The molecule has 6 heteroatoms. The van der Waals surface area contributed by atoms with Crippen molar-refractivity contribution < 1.29 is 9.90 Å². The number of carbonyl (C=O) groups excluding carboxylic acids is 1. The molecule has 2 amide bonds. The summed E-state index contributed by atoms with van der Waals surface area (Å²) in [4.78, 5) is 18.9. The van der Waals surface area contributed by atoms with Gasteiger partial charge in [0.05, 0.1) is 17.6 Å². The molecule has 0 fully saturated rings. The van der Waals surface area contributed by atoms with Gasteiger partial charge in [-0.05, 0) is 42.0 Å². The van der Waals surface area contributed by atoms with Gasteiger partial charge in [-0.3, -0.25) is 4.98 Å². The lowest BCUT2D eigenvalue weighted by Crippen LogP contribution is -2.26. The Bertz CT molecular complexity index is 1020. The Hall–Kier alpha value is -3.54. The molecule has 3 aromatic rings. The summed E-state index contributed by atoms with van der Waals surface area (Å²) in [5, 5.41) is 15.0. The summed E-state index contributed by atoms with van der Waals surface area (Å²) in [6, 6.07) is 16.2. The van der Waals surface area contributed by atoms with Crippen molar-refractivity contribution in [2.24, 2.45) is 0 Å². The molecule has 6 nitrogen and oxygen atoms in total. The lowest BCUT2D eigenvalue weighted by molar-refractivity contribution is 0.262. The Kier molecular flexibility index (Phi) is 4.39. The number of urea groups is 1. The quantitative estimate of drug-likeness (QED) is 0.572. The predicted molar refractivity (Wildman–Crippen MR) is 111 cm³/mol. The van der Waals surface area contributed by atoms with Crippen molar-refractivity contribution in [2.45, 2.75) is 19.3 Å². The monoisotopic (exact) mass is 374 g/mol. The second kappa shape index (κ2) is 6.88. The predicted octanol–water partition coefficient (Wildman–Crippen LogP) is 4.86. The van der Waals surface area contributed by atoms with Crippen LogP contribution in [-0.4, -0.2) is 22.7 Å². The zero-order valence-corrected chi connectivity index (χ0v) is 15.8. The van der Waals surface area contributed by atoms with Gasteiger partial charge in [0.2, 0.25) is 0 Å². The smallest absolute Gasteiger partial charge is 0.323 e. The van der Waals surface area contributed by atoms with E-state index in [0.29, 0.717) is 11.4 Å². The van der Waals surface area contributed by atoms with Gasteiger partial charge in [-0.2, -0.15) is 0 Å². The summed E-state index contributed by atoms with van der Waals surface area (Å²) in [6.45, 7) is 5.25. The van der Waals surface area contributed by atoms with Gasteiger partial charge in [-0.25, -0.2) is 4.79 Å². The number of pyridine rings is 1. The average Bonchev–Trinajstić information content (AvgIpc) is 2.95. The third-order valence-corrected chi connectivity index (χ3v) is 4.94. The van der Waals surface area contributed by atoms with Crippen LogP contribution >= 0.6 is 0 Å². The van der Waals surface area contributed by atoms with E-state index in [2.05, 4.69) is 52.6 Å². The van der Waals surface area contributed by atoms with Gasteiger partial charge >= 0.3 is 6.03 Å². The van der Waals surface area contributed by atoms with Crippen molar-refractivity contribution in [3.63, 3.8) is 0 Å². The highest BCUT2D eigenvalue weighted by Crippen LogP contribution is 2.45. The summed E-state index contributed by atoms with van der Waals surface area (Å²) in [6.07, 6.45) is 3.38. The number of benzene rings is 2. The maximum atomic E-state index is 12.5. The normalized spacial score (nSPS) is 14.4. The molecular formula is C22H22N4O2. The van der Waals surface area contributed by atoms with Crippen LogP contribution in [0.15, 0.2) is 67.0 Å². The van der Waals surface area contributed by atoms with E-state index in [1.54, 1.807) is 24.5 Å². The minimum atomic E-state index is -0.369. The van der Waals surface area contributed by atoms with E-state index in [0.717, 1.165) is 17.9 Å². The van der Waals surface area contributed by atoms with Crippen LogP contribution in [0.3, 0.4) is 0 Å². The number of carbonyl (C=O) groups is 1. The first-order chi connectivity index (χ1) is 13.4. The standard InChI is InChI=1S/C22H22N4O2/c1-22(2)14-26(19-6-4-3-5-17(19)22)20-11-12-23-13-18(20)25-21(28)24-15-7-9-16(27)10-8-15/h3-13,27H,14H2,1-2H3,(H2,24,25,28). The van der Waals surface area contributed by atoms with Crippen molar-refractivity contribution >= 4 is 28.8 Å². The Morgan fingerprint density at radius 3 is 2.57 bits per heavy atom. The van der Waals surface area contributed by atoms with E-state index in [4.69, 9.17) is 0 Å². The molecule has 1 aromatic heterocycles. The van der Waals surface area contributed by atoms with Crippen LogP contribution in [0, 0.1) is 0 Å². The first-order valence-corrected chi connectivity index (χ1v) is 9.12. The SMILES string of the molecule is CC1(C)CN(c2ccncc2NC(=O)Nc2ccc(O)cc2)c2ccccc21. The highest BCUT2D eigenvalue weighted by molar-refractivity contribution is 6.02. The summed E-state index contributed by atoms with van der Waals surface area (Å²) in [5.41, 5.74) is 4.55. The van der Waals surface area contributed by atoms with Gasteiger partial charge < -0.3 is 20.6 Å². The lowest BCUT2D eigenvalue weighted by Gasteiger charge is -2.24. The molecule has 0 atom stereocenters. The number of aromatic hydroxyl groups is 1. The molecular weight excluding hydrogens is 352 g/mol. The van der Waals surface area contributed by atoms with Gasteiger partial charge in [0, 0.05) is 29.5 Å². The molecule has 0 saturated carbocycles. The van der Waals surface area contributed by atoms with Crippen molar-refractivity contribution in [3.8, 4) is 5.75 Å². The van der Waals surface area contributed by atoms with Gasteiger partial charge in [-0.1, -0.05) is 32.0 Å². The summed E-state index contributed by atoms with van der Waals surface area (Å²) in [5.74, 6) is 0.149. The fraction of sp³-hybridized carbons (Fsp3) is 0.182. The zero-order valence-electron chi connectivity index (χ0n) is 15.8. The number of aromatic nitrogens is 1. The molecule has 0 aliphatic carbocycles. The first-order valence-electron chi connectivity index (χ1n) is 9.12. The van der Waals surface area contributed by atoms with Gasteiger partial charge in [-0.15, -0.1) is 0 Å². The van der Waals surface area contributed by atoms with Crippen LogP contribution in [0.2, 0.25) is 0 Å². The average molecular weight is 374 g/mol. The second-order valence-electron chi connectivity index (χ2n) is 7.51. The van der Waals surface area contributed by atoms with Crippen LogP contribution in [-0.2, 0) is 5.41 Å². The number of nitrogens with zero attached hydrogens (tertiary/aromatic N) is 2. The Balaban J connectivity index is 1.60. The molecule has 0 spiro atoms. The van der Waals surface area contributed by atoms with E-state index >= 15 is 0 Å². The number of phenolic OH excluding ortho intramolecular Hbond substituents is 1. The molecule has 4 rings (SSSR count). The van der Waals surface area contributed by atoms with Crippen LogP contribution in [0.5, 0.6) is 5.75 Å². The van der Waals surface area contributed by atoms with E-state index in [1.165, 1.54) is 17.7 Å². The van der Waals surface area contributed by atoms with Crippen molar-refractivity contribution in [1.82, 2.24) is 4.98 Å². The number of para-hydroxylation sites is 1. The van der Waals surface area contributed by atoms with Crippen molar-refractivity contribution in [2.75, 3.05) is 22.1 Å². The maximum Gasteiger partial charge on any atom is 0.323 e. The highest BCUT2D eigenvalue weighted by atomic mass is 16.3. The number of hydrogen-bond donors (Lipinski definition) is 3. The molecule has 142 valence electrons. The summed E-state index contributed by atoms with van der Waals surface area (Å²) in [7, 11) is 0. The molecule has 0 saturated heterocycles. The summed E-state index contributed by atoms with van der Waals surface area (Å²) < 4.78 is 0. The molecule has 2 heterocycles. The third-order valence-electron chi connectivity index (χ3n) is 4.94. The van der Waals surface area contributed by atoms with E-state index < -0.39 is 0 Å². The molecule has 28 heavy (non-hydrogen) atoms. The number of nitrogens with one attached hydrogen (secondary N) is 2. The number of amides is 2. The van der Waals surface area contributed by atoms with Crippen molar-refractivity contribution in [3.05, 3.63) is 72.6 Å². The summed E-state index contributed by atoms with van der Waals surface area (Å²) >= 11 is 0. The fourth-order valence-corrected chi connectivity index (χ4v) is 3.61. The molecule has 1 aliphatic rings. The molecule has 0 radical (unpaired) electrons. The van der Waals surface area contributed by atoms with Gasteiger partial charge in [0.25, 0.3) is 0 Å².